The molecule has 0 aromatic heterocycles. The van der Waals surface area contributed by atoms with Gasteiger partial charge in [-0.15, -0.1) is 11.8 Å². The molecule has 2 aromatic rings. The van der Waals surface area contributed by atoms with Crippen LogP contribution in [0.25, 0.3) is 0 Å². The highest BCUT2D eigenvalue weighted by molar-refractivity contribution is 7.98. The molecular weight excluding hydrogens is 330 g/mol. The van der Waals surface area contributed by atoms with Gasteiger partial charge >= 0.3 is 0 Å². The summed E-state index contributed by atoms with van der Waals surface area (Å²) < 4.78 is 0. The second-order valence-corrected chi connectivity index (χ2v) is 7.10. The molecule has 25 heavy (non-hydrogen) atoms. The van der Waals surface area contributed by atoms with Gasteiger partial charge in [0.25, 0.3) is 0 Å². The van der Waals surface area contributed by atoms with Crippen molar-refractivity contribution in [2.45, 2.75) is 24.2 Å². The minimum atomic E-state index is -1.18. The van der Waals surface area contributed by atoms with E-state index in [0.717, 1.165) is 28.9 Å². The second-order valence-electron chi connectivity index (χ2n) is 6.25. The quantitative estimate of drug-likeness (QED) is 0.425. The summed E-state index contributed by atoms with van der Waals surface area (Å²) in [6.07, 6.45) is 4.23. The van der Waals surface area contributed by atoms with Gasteiger partial charge in [0, 0.05) is 16.4 Å². The summed E-state index contributed by atoms with van der Waals surface area (Å²) >= 11 is 1.67. The van der Waals surface area contributed by atoms with Crippen LogP contribution in [-0.2, 0) is 11.2 Å². The molecule has 2 aromatic carbocycles. The summed E-state index contributed by atoms with van der Waals surface area (Å²) in [6.45, 7) is 0. The van der Waals surface area contributed by atoms with E-state index in [1.165, 1.54) is 0 Å². The maximum absolute atomic E-state index is 12.9. The molecule has 3 nitrogen and oxygen atoms in total. The Morgan fingerprint density at radius 3 is 2.40 bits per heavy atom. The van der Waals surface area contributed by atoms with Gasteiger partial charge in [0.05, 0.1) is 6.07 Å². The summed E-state index contributed by atoms with van der Waals surface area (Å²) in [7, 11) is 0. The van der Waals surface area contributed by atoms with Gasteiger partial charge in [0.2, 0.25) is 0 Å². The number of thioether (sulfide) groups is 1. The molecule has 126 valence electrons. The van der Waals surface area contributed by atoms with E-state index in [1.54, 1.807) is 23.9 Å². The first kappa shape index (κ1) is 17.4. The number of Topliss-reactive ketones (excluding diaryl/α,β-unsaturated/α-hetero) is 2. The van der Waals surface area contributed by atoms with Crippen LogP contribution in [0.5, 0.6) is 0 Å². The fourth-order valence-corrected chi connectivity index (χ4v) is 3.60. The molecule has 3 rings (SSSR count). The number of carbonyl (C=O) groups is 2. The van der Waals surface area contributed by atoms with Gasteiger partial charge in [-0.1, -0.05) is 42.5 Å². The van der Waals surface area contributed by atoms with Crippen molar-refractivity contribution in [1.29, 1.82) is 5.26 Å². The third kappa shape index (κ3) is 3.83. The standard InChI is InChI=1S/C21H19NO2S/c1-25-19-9-5-3-7-16(19)12-15-6-2-4-8-17(15)21(24)18(13-22)20(23)14-10-11-14/h2-9,14,18H,10-12H2,1H3. The predicted octanol–water partition coefficient (Wildman–Crippen LogP) is 4.30. The highest BCUT2D eigenvalue weighted by atomic mass is 32.2. The van der Waals surface area contributed by atoms with Gasteiger partial charge in [-0.2, -0.15) is 5.26 Å². The Kier molecular flexibility index (Phi) is 5.35. The lowest BCUT2D eigenvalue weighted by Gasteiger charge is -2.13. The zero-order valence-corrected chi connectivity index (χ0v) is 14.9. The molecule has 0 heterocycles. The molecule has 4 heteroatoms. The van der Waals surface area contributed by atoms with Gasteiger partial charge in [0.1, 0.15) is 0 Å². The maximum Gasteiger partial charge on any atom is 0.187 e. The van der Waals surface area contributed by atoms with Crippen molar-refractivity contribution >= 4 is 23.3 Å². The van der Waals surface area contributed by atoms with Crippen molar-refractivity contribution in [3.8, 4) is 6.07 Å². The third-order valence-electron chi connectivity index (χ3n) is 4.51. The lowest BCUT2D eigenvalue weighted by atomic mass is 9.88. The molecule has 1 aliphatic rings. The topological polar surface area (TPSA) is 57.9 Å². The fourth-order valence-electron chi connectivity index (χ4n) is 2.98. The third-order valence-corrected chi connectivity index (χ3v) is 5.35. The molecule has 0 aliphatic heterocycles. The van der Waals surface area contributed by atoms with Crippen LogP contribution in [-0.4, -0.2) is 17.8 Å². The minimum absolute atomic E-state index is 0.0991. The van der Waals surface area contributed by atoms with Crippen LogP contribution >= 0.6 is 11.8 Å². The molecule has 1 aliphatic carbocycles. The molecule has 0 spiro atoms. The lowest BCUT2D eigenvalue weighted by molar-refractivity contribution is -0.121. The van der Waals surface area contributed by atoms with Crippen molar-refractivity contribution in [2.75, 3.05) is 6.26 Å². The molecule has 1 atom stereocenters. The first-order valence-corrected chi connectivity index (χ1v) is 9.55. The van der Waals surface area contributed by atoms with Crippen LogP contribution in [0.15, 0.2) is 53.4 Å². The Balaban J connectivity index is 1.91. The highest BCUT2D eigenvalue weighted by Crippen LogP contribution is 2.33. The van der Waals surface area contributed by atoms with Gasteiger partial charge in [-0.05, 0) is 42.7 Å². The van der Waals surface area contributed by atoms with Crippen molar-refractivity contribution < 1.29 is 9.59 Å². The lowest BCUT2D eigenvalue weighted by Crippen LogP contribution is -2.25. The first-order chi connectivity index (χ1) is 12.2. The van der Waals surface area contributed by atoms with E-state index in [2.05, 4.69) is 6.07 Å². The Labute approximate surface area is 152 Å². The Morgan fingerprint density at radius 2 is 1.76 bits per heavy atom. The van der Waals surface area contributed by atoms with Gasteiger partial charge in [-0.3, -0.25) is 9.59 Å². The number of ketones is 2. The number of rotatable bonds is 7. The second kappa shape index (κ2) is 7.67. The number of hydrogen-bond acceptors (Lipinski definition) is 4. The van der Waals surface area contributed by atoms with Crippen molar-refractivity contribution in [2.24, 2.45) is 11.8 Å². The van der Waals surface area contributed by atoms with E-state index in [4.69, 9.17) is 0 Å². The van der Waals surface area contributed by atoms with Gasteiger partial charge in [-0.25, -0.2) is 0 Å². The first-order valence-electron chi connectivity index (χ1n) is 8.33. The molecular formula is C21H19NO2S. The van der Waals surface area contributed by atoms with E-state index in [0.29, 0.717) is 12.0 Å². The average molecular weight is 349 g/mol. The van der Waals surface area contributed by atoms with Crippen LogP contribution in [0, 0.1) is 23.2 Å². The normalized spacial score (nSPS) is 14.6. The number of nitrogens with zero attached hydrogens (tertiary/aromatic N) is 1. The number of carbonyl (C=O) groups excluding carboxylic acids is 2. The molecule has 1 unspecified atom stereocenters. The molecule has 0 saturated heterocycles. The summed E-state index contributed by atoms with van der Waals surface area (Å²) in [6, 6.07) is 17.3. The largest absolute Gasteiger partial charge is 0.297 e. The van der Waals surface area contributed by atoms with Crippen molar-refractivity contribution in [1.82, 2.24) is 0 Å². The van der Waals surface area contributed by atoms with Crippen molar-refractivity contribution in [3.05, 3.63) is 65.2 Å². The predicted molar refractivity (Wildman–Crippen MR) is 98.6 cm³/mol. The average Bonchev–Trinajstić information content (AvgIpc) is 3.48. The Hall–Kier alpha value is -2.38. The van der Waals surface area contributed by atoms with Crippen LogP contribution in [0.4, 0.5) is 0 Å². The molecule has 0 bridgehead atoms. The van der Waals surface area contributed by atoms with E-state index >= 15 is 0 Å². The molecule has 1 saturated carbocycles. The van der Waals surface area contributed by atoms with Crippen molar-refractivity contribution in [3.63, 3.8) is 0 Å². The van der Waals surface area contributed by atoms with Gasteiger partial charge in [0.15, 0.2) is 17.5 Å². The van der Waals surface area contributed by atoms with E-state index in [1.807, 2.05) is 42.7 Å². The van der Waals surface area contributed by atoms with E-state index < -0.39 is 5.92 Å². The Morgan fingerprint density at radius 1 is 1.12 bits per heavy atom. The summed E-state index contributed by atoms with van der Waals surface area (Å²) in [5, 5.41) is 9.37. The number of benzene rings is 2. The summed E-state index contributed by atoms with van der Waals surface area (Å²) in [5.74, 6) is -1.86. The molecule has 0 amide bonds. The fraction of sp³-hybridized carbons (Fsp3) is 0.286. The van der Waals surface area contributed by atoms with E-state index in [-0.39, 0.29) is 17.5 Å². The zero-order chi connectivity index (χ0) is 17.8. The maximum atomic E-state index is 12.9. The highest BCUT2D eigenvalue weighted by Gasteiger charge is 2.39. The Bertz CT molecular complexity index is 849. The monoisotopic (exact) mass is 349 g/mol. The molecule has 0 radical (unpaired) electrons. The number of nitriles is 1. The van der Waals surface area contributed by atoms with Gasteiger partial charge < -0.3 is 0 Å². The van der Waals surface area contributed by atoms with Crippen LogP contribution in [0.1, 0.15) is 34.3 Å². The molecule has 1 fully saturated rings. The minimum Gasteiger partial charge on any atom is -0.297 e. The zero-order valence-electron chi connectivity index (χ0n) is 14.1. The molecule has 0 N–H and O–H groups in total. The summed E-state index contributed by atoms with van der Waals surface area (Å²) in [5.41, 5.74) is 2.48. The SMILES string of the molecule is CSc1ccccc1Cc1ccccc1C(=O)C(C#N)C(=O)C1CC1. The van der Waals surface area contributed by atoms with Crippen LogP contribution in [0.2, 0.25) is 0 Å². The van der Waals surface area contributed by atoms with Crippen LogP contribution < -0.4 is 0 Å². The number of hydrogen-bond donors (Lipinski definition) is 0. The summed E-state index contributed by atoms with van der Waals surface area (Å²) in [4.78, 5) is 26.3. The van der Waals surface area contributed by atoms with Crippen LogP contribution in [0.3, 0.4) is 0 Å². The smallest absolute Gasteiger partial charge is 0.187 e. The van der Waals surface area contributed by atoms with E-state index in [9.17, 15) is 14.9 Å².